The van der Waals surface area contributed by atoms with Gasteiger partial charge >= 0.3 is 0 Å². The van der Waals surface area contributed by atoms with E-state index >= 15 is 0 Å². The third kappa shape index (κ3) is 4.78. The molecule has 1 aliphatic carbocycles. The van der Waals surface area contributed by atoms with Gasteiger partial charge in [-0.25, -0.2) is 0 Å². The van der Waals surface area contributed by atoms with Gasteiger partial charge in [-0.2, -0.15) is 0 Å². The van der Waals surface area contributed by atoms with Crippen molar-refractivity contribution in [1.82, 2.24) is 4.57 Å². The van der Waals surface area contributed by atoms with Gasteiger partial charge in [-0.1, -0.05) is 177 Å². The molecule has 0 fully saturated rings. The summed E-state index contributed by atoms with van der Waals surface area (Å²) in [6.07, 6.45) is 0. The minimum Gasteiger partial charge on any atom is -0.309 e. The second kappa shape index (κ2) is 12.3. The molecule has 54 heavy (non-hydrogen) atoms. The Bertz CT molecular complexity index is 2730. The predicted octanol–water partition coefficient (Wildman–Crippen LogP) is 13.4. The highest BCUT2D eigenvalue weighted by Crippen LogP contribution is 2.53. The predicted molar refractivity (Wildman–Crippen MR) is 227 cm³/mol. The number of rotatable bonds is 6. The van der Waals surface area contributed by atoms with Crippen molar-refractivity contribution in [3.63, 3.8) is 0 Å². The first-order valence-electron chi connectivity index (χ1n) is 19.0. The van der Waals surface area contributed by atoms with Crippen LogP contribution in [0.4, 0.5) is 0 Å². The molecular formula is C53H41N. The first-order valence-corrected chi connectivity index (χ1v) is 19.0. The molecule has 0 spiro atoms. The normalized spacial score (nSPS) is 13.2. The number of fused-ring (bicyclic) bond motifs is 6. The van der Waals surface area contributed by atoms with Crippen LogP contribution in [0.3, 0.4) is 0 Å². The molecular weight excluding hydrogens is 651 g/mol. The summed E-state index contributed by atoms with van der Waals surface area (Å²) in [5.41, 5.74) is 17.2. The third-order valence-electron chi connectivity index (χ3n) is 12.0. The second-order valence-electron chi connectivity index (χ2n) is 15.4. The fourth-order valence-corrected chi connectivity index (χ4v) is 9.34. The van der Waals surface area contributed by atoms with E-state index in [0.717, 1.165) is 0 Å². The zero-order valence-corrected chi connectivity index (χ0v) is 30.9. The van der Waals surface area contributed by atoms with E-state index in [4.69, 9.17) is 0 Å². The molecule has 8 aromatic carbocycles. The fourth-order valence-electron chi connectivity index (χ4n) is 9.34. The van der Waals surface area contributed by atoms with E-state index in [1.165, 1.54) is 88.7 Å². The Morgan fingerprint density at radius 1 is 0.407 bits per heavy atom. The van der Waals surface area contributed by atoms with E-state index in [-0.39, 0.29) is 5.41 Å². The summed E-state index contributed by atoms with van der Waals surface area (Å²) >= 11 is 0. The van der Waals surface area contributed by atoms with E-state index < -0.39 is 5.41 Å². The van der Waals surface area contributed by atoms with Crippen molar-refractivity contribution in [3.8, 4) is 27.9 Å². The molecule has 0 radical (unpaired) electrons. The lowest BCUT2D eigenvalue weighted by Crippen LogP contribution is -2.31. The molecule has 0 saturated heterocycles. The SMILES string of the molecule is Cc1ccc(-n2c3ccccc3c3cc(-c4ccc5c(c4)C(C)(C)c4cc(C(c6ccccc6)(c6ccccc6)c6ccccc6)ccc4-5)ccc32)cc1. The van der Waals surface area contributed by atoms with Crippen molar-refractivity contribution < 1.29 is 0 Å². The van der Waals surface area contributed by atoms with Gasteiger partial charge in [-0.05, 0) is 99.0 Å². The van der Waals surface area contributed by atoms with Crippen molar-refractivity contribution in [2.24, 2.45) is 0 Å². The number of nitrogens with zero attached hydrogens (tertiary/aromatic N) is 1. The lowest BCUT2D eigenvalue weighted by Gasteiger charge is -2.37. The van der Waals surface area contributed by atoms with Crippen molar-refractivity contribution in [1.29, 1.82) is 0 Å². The molecule has 0 unspecified atom stereocenters. The number of aromatic nitrogens is 1. The van der Waals surface area contributed by atoms with E-state index in [0.29, 0.717) is 0 Å². The first-order chi connectivity index (χ1) is 26.4. The van der Waals surface area contributed by atoms with Crippen molar-refractivity contribution in [3.05, 3.63) is 233 Å². The maximum atomic E-state index is 2.51. The highest BCUT2D eigenvalue weighted by molar-refractivity contribution is 6.10. The van der Waals surface area contributed by atoms with Crippen molar-refractivity contribution >= 4 is 21.8 Å². The quantitative estimate of drug-likeness (QED) is 0.153. The molecule has 0 atom stereocenters. The van der Waals surface area contributed by atoms with E-state index in [1.54, 1.807) is 0 Å². The van der Waals surface area contributed by atoms with Gasteiger partial charge in [0.1, 0.15) is 0 Å². The van der Waals surface area contributed by atoms with Gasteiger partial charge in [0.25, 0.3) is 0 Å². The van der Waals surface area contributed by atoms with Gasteiger partial charge in [0.2, 0.25) is 0 Å². The first kappa shape index (κ1) is 32.2. The maximum absolute atomic E-state index is 2.51. The molecule has 258 valence electrons. The van der Waals surface area contributed by atoms with Crippen LogP contribution in [0.2, 0.25) is 0 Å². The summed E-state index contributed by atoms with van der Waals surface area (Å²) in [5.74, 6) is 0. The summed E-state index contributed by atoms with van der Waals surface area (Å²) in [6.45, 7) is 6.95. The molecule has 1 heterocycles. The average molecular weight is 692 g/mol. The lowest BCUT2D eigenvalue weighted by molar-refractivity contribution is 0.655. The Morgan fingerprint density at radius 3 is 1.54 bits per heavy atom. The number of hydrogen-bond donors (Lipinski definition) is 0. The lowest BCUT2D eigenvalue weighted by atomic mass is 9.64. The Morgan fingerprint density at radius 2 is 0.907 bits per heavy atom. The van der Waals surface area contributed by atoms with Crippen LogP contribution < -0.4 is 0 Å². The minimum absolute atomic E-state index is 0.196. The number of hydrogen-bond acceptors (Lipinski definition) is 0. The molecule has 1 nitrogen and oxygen atoms in total. The Hall–Kier alpha value is -6.44. The molecule has 0 amide bonds. The highest BCUT2D eigenvalue weighted by Gasteiger charge is 2.42. The summed E-state index contributed by atoms with van der Waals surface area (Å²) in [7, 11) is 0. The second-order valence-corrected chi connectivity index (χ2v) is 15.4. The molecule has 1 aromatic heterocycles. The number of aryl methyl sites for hydroxylation is 1. The zero-order valence-electron chi connectivity index (χ0n) is 30.9. The minimum atomic E-state index is -0.484. The zero-order chi connectivity index (χ0) is 36.4. The average Bonchev–Trinajstić information content (AvgIpc) is 3.67. The third-order valence-corrected chi connectivity index (χ3v) is 12.0. The van der Waals surface area contributed by atoms with E-state index in [2.05, 4.69) is 219 Å². The van der Waals surface area contributed by atoms with Gasteiger partial charge in [0.15, 0.2) is 0 Å². The molecule has 9 aromatic rings. The van der Waals surface area contributed by atoms with E-state index in [9.17, 15) is 0 Å². The van der Waals surface area contributed by atoms with Crippen LogP contribution in [0.15, 0.2) is 194 Å². The molecule has 0 saturated carbocycles. The van der Waals surface area contributed by atoms with Gasteiger partial charge in [0.05, 0.1) is 16.4 Å². The largest absolute Gasteiger partial charge is 0.309 e. The molecule has 1 heteroatoms. The summed E-state index contributed by atoms with van der Waals surface area (Å²) in [4.78, 5) is 0. The van der Waals surface area contributed by atoms with Crippen LogP contribution in [0, 0.1) is 6.92 Å². The number of benzene rings is 8. The van der Waals surface area contributed by atoms with Gasteiger partial charge < -0.3 is 4.57 Å². The Kier molecular flexibility index (Phi) is 7.35. The number of para-hydroxylation sites is 1. The standard InChI is InChI=1S/C53H41N/c1-36-23-28-43(29-24-36)54-50-22-14-13-21-46(50)47-33-37(26-32-51(47)54)38-25-30-44-45-31-27-42(35-49(45)52(2,3)48(44)34-38)53(39-15-7-4-8-16-39,40-17-9-5-10-18-40)41-19-11-6-12-20-41/h4-35H,1-3H3. The van der Waals surface area contributed by atoms with Crippen LogP contribution in [0.1, 0.15) is 52.8 Å². The Labute approximate surface area is 317 Å². The maximum Gasteiger partial charge on any atom is 0.0701 e. The smallest absolute Gasteiger partial charge is 0.0701 e. The molecule has 10 rings (SSSR count). The van der Waals surface area contributed by atoms with Crippen LogP contribution in [-0.2, 0) is 10.8 Å². The molecule has 0 bridgehead atoms. The molecule has 0 N–H and O–H groups in total. The molecule has 1 aliphatic rings. The topological polar surface area (TPSA) is 4.93 Å². The van der Waals surface area contributed by atoms with Crippen LogP contribution >= 0.6 is 0 Å². The van der Waals surface area contributed by atoms with Crippen molar-refractivity contribution in [2.75, 3.05) is 0 Å². The monoisotopic (exact) mass is 691 g/mol. The van der Waals surface area contributed by atoms with Crippen LogP contribution in [0.5, 0.6) is 0 Å². The van der Waals surface area contributed by atoms with Gasteiger partial charge in [0, 0.05) is 21.9 Å². The fraction of sp³-hybridized carbons (Fsp3) is 0.0943. The van der Waals surface area contributed by atoms with E-state index in [1.807, 2.05) is 0 Å². The summed E-state index contributed by atoms with van der Waals surface area (Å²) in [6, 6.07) is 72.1. The summed E-state index contributed by atoms with van der Waals surface area (Å²) in [5, 5.41) is 2.55. The van der Waals surface area contributed by atoms with Gasteiger partial charge in [-0.3, -0.25) is 0 Å². The van der Waals surface area contributed by atoms with Gasteiger partial charge in [-0.15, -0.1) is 0 Å². The highest BCUT2D eigenvalue weighted by atomic mass is 15.0. The molecule has 0 aliphatic heterocycles. The van der Waals surface area contributed by atoms with Crippen LogP contribution in [0.25, 0.3) is 49.7 Å². The van der Waals surface area contributed by atoms with Crippen molar-refractivity contribution in [2.45, 2.75) is 31.6 Å². The van der Waals surface area contributed by atoms with Crippen LogP contribution in [-0.4, -0.2) is 4.57 Å². The summed E-state index contributed by atoms with van der Waals surface area (Å²) < 4.78 is 2.40. The Balaban J connectivity index is 1.12.